The normalized spacial score (nSPS) is 10.9. The highest BCUT2D eigenvalue weighted by molar-refractivity contribution is 5.90. The van der Waals surface area contributed by atoms with Crippen molar-refractivity contribution < 1.29 is 19.1 Å². The zero-order valence-corrected chi connectivity index (χ0v) is 23.2. The number of hydrogen-bond acceptors (Lipinski definition) is 4. The standard InChI is InChI=1S/C34H42O4/c1-4-5-6-7-8-9-10-11-27-12-14-28(15-13-27)16-25-33(35)38-32-23-21-30(22-24-32)29-17-19-31(20-18-29)34(36)37-26(2)3/h12-15,17-24,26H,4-11,16,25H2,1-3H3. The highest BCUT2D eigenvalue weighted by atomic mass is 16.5. The van der Waals surface area contributed by atoms with E-state index in [9.17, 15) is 9.59 Å². The molecule has 0 aliphatic carbocycles. The van der Waals surface area contributed by atoms with Crippen molar-refractivity contribution in [3.63, 3.8) is 0 Å². The Hall–Kier alpha value is -3.40. The lowest BCUT2D eigenvalue weighted by atomic mass is 10.0. The van der Waals surface area contributed by atoms with Gasteiger partial charge in [0.1, 0.15) is 5.75 Å². The highest BCUT2D eigenvalue weighted by Gasteiger charge is 2.10. The third-order valence-electron chi connectivity index (χ3n) is 6.59. The summed E-state index contributed by atoms with van der Waals surface area (Å²) in [6.45, 7) is 5.91. The van der Waals surface area contributed by atoms with Crippen LogP contribution in [0.1, 0.15) is 93.6 Å². The van der Waals surface area contributed by atoms with Crippen LogP contribution in [0.4, 0.5) is 0 Å². The third kappa shape index (κ3) is 10.2. The number of hydrogen-bond donors (Lipinski definition) is 0. The Balaban J connectivity index is 1.39. The first-order chi connectivity index (χ1) is 18.4. The van der Waals surface area contributed by atoms with Gasteiger partial charge in [-0.05, 0) is 79.6 Å². The largest absolute Gasteiger partial charge is 0.459 e. The summed E-state index contributed by atoms with van der Waals surface area (Å²) in [5.41, 5.74) is 5.00. The summed E-state index contributed by atoms with van der Waals surface area (Å²) in [7, 11) is 0. The van der Waals surface area contributed by atoms with Crippen molar-refractivity contribution in [3.8, 4) is 16.9 Å². The average Bonchev–Trinajstić information content (AvgIpc) is 2.92. The fraction of sp³-hybridized carbons (Fsp3) is 0.412. The summed E-state index contributed by atoms with van der Waals surface area (Å²) in [5, 5.41) is 0. The lowest BCUT2D eigenvalue weighted by Crippen LogP contribution is -2.11. The van der Waals surface area contributed by atoms with E-state index in [0.717, 1.165) is 23.1 Å². The summed E-state index contributed by atoms with van der Waals surface area (Å²) in [4.78, 5) is 24.4. The molecule has 4 nitrogen and oxygen atoms in total. The minimum atomic E-state index is -0.326. The SMILES string of the molecule is CCCCCCCCCc1ccc(CCC(=O)Oc2ccc(-c3ccc(C(=O)OC(C)C)cc3)cc2)cc1. The number of unbranched alkanes of at least 4 members (excludes halogenated alkanes) is 6. The second-order valence-electron chi connectivity index (χ2n) is 10.2. The van der Waals surface area contributed by atoms with Crippen LogP contribution < -0.4 is 4.74 Å². The van der Waals surface area contributed by atoms with Crippen molar-refractivity contribution in [3.05, 3.63) is 89.5 Å². The Labute approximate surface area is 228 Å². The van der Waals surface area contributed by atoms with Crippen molar-refractivity contribution in [2.45, 2.75) is 91.1 Å². The number of esters is 2. The van der Waals surface area contributed by atoms with Gasteiger partial charge in [-0.3, -0.25) is 4.79 Å². The molecule has 0 aromatic heterocycles. The fourth-order valence-electron chi connectivity index (χ4n) is 4.38. The Bertz CT molecular complexity index is 1110. The highest BCUT2D eigenvalue weighted by Crippen LogP contribution is 2.23. The zero-order chi connectivity index (χ0) is 27.2. The fourth-order valence-corrected chi connectivity index (χ4v) is 4.38. The molecule has 38 heavy (non-hydrogen) atoms. The molecule has 202 valence electrons. The maximum absolute atomic E-state index is 12.4. The summed E-state index contributed by atoms with van der Waals surface area (Å²) >= 11 is 0. The minimum Gasteiger partial charge on any atom is -0.459 e. The topological polar surface area (TPSA) is 52.6 Å². The van der Waals surface area contributed by atoms with Crippen molar-refractivity contribution in [1.82, 2.24) is 0 Å². The second-order valence-corrected chi connectivity index (χ2v) is 10.2. The molecule has 3 aromatic carbocycles. The van der Waals surface area contributed by atoms with Crippen molar-refractivity contribution >= 4 is 11.9 Å². The first-order valence-electron chi connectivity index (χ1n) is 14.1. The molecule has 0 N–H and O–H groups in total. The van der Waals surface area contributed by atoms with Gasteiger partial charge in [0.05, 0.1) is 11.7 Å². The molecule has 0 spiro atoms. The maximum atomic E-state index is 12.4. The Morgan fingerprint density at radius 2 is 1.18 bits per heavy atom. The lowest BCUT2D eigenvalue weighted by Gasteiger charge is -2.09. The average molecular weight is 515 g/mol. The van der Waals surface area contributed by atoms with Gasteiger partial charge < -0.3 is 9.47 Å². The molecule has 0 fully saturated rings. The molecule has 0 unspecified atom stereocenters. The molecule has 0 saturated heterocycles. The number of ether oxygens (including phenoxy) is 2. The van der Waals surface area contributed by atoms with Gasteiger partial charge in [0.25, 0.3) is 0 Å². The molecule has 0 atom stereocenters. The molecule has 0 saturated carbocycles. The van der Waals surface area contributed by atoms with E-state index < -0.39 is 0 Å². The molecule has 3 rings (SSSR count). The van der Waals surface area contributed by atoms with E-state index in [1.54, 1.807) is 24.3 Å². The van der Waals surface area contributed by atoms with E-state index in [0.29, 0.717) is 24.2 Å². The Morgan fingerprint density at radius 1 is 0.658 bits per heavy atom. The Kier molecular flexibility index (Phi) is 12.1. The van der Waals surface area contributed by atoms with Crippen LogP contribution in [0.5, 0.6) is 5.75 Å². The molecule has 0 aliphatic rings. The molecule has 0 heterocycles. The molecular weight excluding hydrogens is 472 g/mol. The third-order valence-corrected chi connectivity index (χ3v) is 6.59. The van der Waals surface area contributed by atoms with Gasteiger partial charge in [0, 0.05) is 6.42 Å². The summed E-state index contributed by atoms with van der Waals surface area (Å²) < 4.78 is 10.8. The van der Waals surface area contributed by atoms with Crippen LogP contribution in [0.2, 0.25) is 0 Å². The van der Waals surface area contributed by atoms with Crippen LogP contribution in [0, 0.1) is 0 Å². The van der Waals surface area contributed by atoms with E-state index in [2.05, 4.69) is 31.2 Å². The van der Waals surface area contributed by atoms with Gasteiger partial charge in [0.15, 0.2) is 0 Å². The maximum Gasteiger partial charge on any atom is 0.338 e. The molecule has 0 bridgehead atoms. The molecule has 0 aliphatic heterocycles. The first kappa shape index (κ1) is 29.2. The molecule has 0 radical (unpaired) electrons. The predicted octanol–water partition coefficient (Wildman–Crippen LogP) is 8.75. The van der Waals surface area contributed by atoms with Gasteiger partial charge in [0.2, 0.25) is 0 Å². The number of benzene rings is 3. The van der Waals surface area contributed by atoms with Gasteiger partial charge >= 0.3 is 11.9 Å². The number of rotatable bonds is 15. The number of carbonyl (C=O) groups is 2. The molecule has 4 heteroatoms. The van der Waals surface area contributed by atoms with Crippen molar-refractivity contribution in [2.75, 3.05) is 0 Å². The summed E-state index contributed by atoms with van der Waals surface area (Å²) in [6, 6.07) is 23.4. The predicted molar refractivity (Wildman–Crippen MR) is 155 cm³/mol. The molecule has 0 amide bonds. The van der Waals surface area contributed by atoms with E-state index >= 15 is 0 Å². The van der Waals surface area contributed by atoms with Crippen LogP contribution in [-0.4, -0.2) is 18.0 Å². The van der Waals surface area contributed by atoms with Gasteiger partial charge in [-0.15, -0.1) is 0 Å². The minimum absolute atomic E-state index is 0.150. The van der Waals surface area contributed by atoms with E-state index in [4.69, 9.17) is 9.47 Å². The van der Waals surface area contributed by atoms with Gasteiger partial charge in [-0.1, -0.05) is 94.0 Å². The summed E-state index contributed by atoms with van der Waals surface area (Å²) in [6.07, 6.45) is 11.3. The summed E-state index contributed by atoms with van der Waals surface area (Å²) in [5.74, 6) is -0.0351. The van der Waals surface area contributed by atoms with Crippen LogP contribution in [-0.2, 0) is 22.4 Å². The molecule has 3 aromatic rings. The lowest BCUT2D eigenvalue weighted by molar-refractivity contribution is -0.134. The van der Waals surface area contributed by atoms with Gasteiger partial charge in [-0.25, -0.2) is 4.79 Å². The Morgan fingerprint density at radius 3 is 1.76 bits per heavy atom. The quantitative estimate of drug-likeness (QED) is 0.116. The monoisotopic (exact) mass is 514 g/mol. The first-order valence-corrected chi connectivity index (χ1v) is 14.1. The number of aryl methyl sites for hydroxylation is 2. The van der Waals surface area contributed by atoms with Gasteiger partial charge in [-0.2, -0.15) is 0 Å². The van der Waals surface area contributed by atoms with Crippen LogP contribution in [0.3, 0.4) is 0 Å². The van der Waals surface area contributed by atoms with E-state index in [1.807, 2.05) is 38.1 Å². The van der Waals surface area contributed by atoms with E-state index in [-0.39, 0.29) is 18.0 Å². The van der Waals surface area contributed by atoms with Crippen LogP contribution >= 0.6 is 0 Å². The second kappa shape index (κ2) is 15.8. The molecular formula is C34H42O4. The van der Waals surface area contributed by atoms with Crippen LogP contribution in [0.15, 0.2) is 72.8 Å². The van der Waals surface area contributed by atoms with Crippen LogP contribution in [0.25, 0.3) is 11.1 Å². The van der Waals surface area contributed by atoms with Crippen molar-refractivity contribution in [2.24, 2.45) is 0 Å². The van der Waals surface area contributed by atoms with Crippen molar-refractivity contribution in [1.29, 1.82) is 0 Å². The smallest absolute Gasteiger partial charge is 0.338 e. The number of carbonyl (C=O) groups excluding carboxylic acids is 2. The van der Waals surface area contributed by atoms with E-state index in [1.165, 1.54) is 50.5 Å². The zero-order valence-electron chi connectivity index (χ0n) is 23.2.